The summed E-state index contributed by atoms with van der Waals surface area (Å²) in [6.45, 7) is 4.01. The maximum Gasteiger partial charge on any atom is 0.172 e. The molecule has 1 aromatic heterocycles. The van der Waals surface area contributed by atoms with Gasteiger partial charge in [-0.1, -0.05) is 35.0 Å². The summed E-state index contributed by atoms with van der Waals surface area (Å²) in [4.78, 5) is 11.3. The van der Waals surface area contributed by atoms with Crippen LogP contribution in [-0.4, -0.2) is 21.3 Å². The van der Waals surface area contributed by atoms with Crippen LogP contribution < -0.4 is 0 Å². The molecule has 0 N–H and O–H groups in total. The molecule has 116 valence electrons. The molecule has 5 heteroatoms. The molecule has 0 spiro atoms. The summed E-state index contributed by atoms with van der Waals surface area (Å²) in [6.07, 6.45) is 1.15. The number of aldehydes is 1. The van der Waals surface area contributed by atoms with E-state index in [1.54, 1.807) is 16.8 Å². The van der Waals surface area contributed by atoms with Crippen molar-refractivity contribution in [2.24, 2.45) is 0 Å². The van der Waals surface area contributed by atoms with Crippen molar-refractivity contribution in [3.63, 3.8) is 0 Å². The van der Waals surface area contributed by atoms with Crippen LogP contribution in [0.5, 0.6) is 0 Å². The molecular weight excluding hydrogens is 293 g/mol. The Bertz CT molecular complexity index is 853. The highest BCUT2D eigenvalue weighted by Crippen LogP contribution is 2.20. The molecular formula is C18H16FN3O. The number of rotatable bonds is 4. The lowest BCUT2D eigenvalue weighted by atomic mass is 10.1. The maximum atomic E-state index is 13.1. The van der Waals surface area contributed by atoms with Gasteiger partial charge < -0.3 is 0 Å². The Hall–Kier alpha value is -2.82. The molecule has 0 fully saturated rings. The van der Waals surface area contributed by atoms with Crippen LogP contribution in [0, 0.1) is 19.7 Å². The van der Waals surface area contributed by atoms with Crippen molar-refractivity contribution in [2.75, 3.05) is 0 Å². The number of hydrogen-bond donors (Lipinski definition) is 0. The molecule has 0 bridgehead atoms. The Morgan fingerprint density at radius 2 is 1.87 bits per heavy atom. The number of carbonyl (C=O) groups excluding carboxylic acids is 1. The summed E-state index contributed by atoms with van der Waals surface area (Å²) in [5, 5.41) is 8.08. The minimum Gasteiger partial charge on any atom is -0.296 e. The van der Waals surface area contributed by atoms with Gasteiger partial charge in [-0.15, -0.1) is 5.10 Å². The fourth-order valence-corrected chi connectivity index (χ4v) is 2.60. The van der Waals surface area contributed by atoms with E-state index in [-0.39, 0.29) is 5.82 Å². The smallest absolute Gasteiger partial charge is 0.172 e. The number of hydrogen-bond acceptors (Lipinski definition) is 3. The number of aromatic nitrogens is 3. The molecule has 3 rings (SSSR count). The summed E-state index contributed by atoms with van der Waals surface area (Å²) in [7, 11) is 0. The van der Waals surface area contributed by atoms with Crippen molar-refractivity contribution in [2.45, 2.75) is 20.3 Å². The van der Waals surface area contributed by atoms with Gasteiger partial charge in [-0.05, 0) is 43.2 Å². The minimum absolute atomic E-state index is 0.287. The molecule has 0 unspecified atom stereocenters. The molecule has 0 saturated heterocycles. The van der Waals surface area contributed by atoms with E-state index in [9.17, 15) is 9.18 Å². The first-order chi connectivity index (χ1) is 11.1. The fraction of sp³-hybridized carbons (Fsp3) is 0.167. The van der Waals surface area contributed by atoms with Gasteiger partial charge in [0.1, 0.15) is 11.5 Å². The SMILES string of the molecule is Cc1ccc(-n2nnc(C=O)c2Cc2ccc(F)cc2)c(C)c1. The van der Waals surface area contributed by atoms with Gasteiger partial charge in [0.25, 0.3) is 0 Å². The van der Waals surface area contributed by atoms with Crippen LogP contribution in [0.1, 0.15) is 32.9 Å². The van der Waals surface area contributed by atoms with Crippen LogP contribution in [0.4, 0.5) is 4.39 Å². The van der Waals surface area contributed by atoms with E-state index in [1.165, 1.54) is 12.1 Å². The third-order valence-corrected chi connectivity index (χ3v) is 3.77. The molecule has 0 aliphatic heterocycles. The second-order valence-corrected chi connectivity index (χ2v) is 5.54. The van der Waals surface area contributed by atoms with E-state index in [0.717, 1.165) is 22.4 Å². The fourth-order valence-electron chi connectivity index (χ4n) is 2.60. The molecule has 1 heterocycles. The zero-order chi connectivity index (χ0) is 16.4. The average molecular weight is 309 g/mol. The second kappa shape index (κ2) is 6.12. The number of halogens is 1. The minimum atomic E-state index is -0.287. The topological polar surface area (TPSA) is 47.8 Å². The molecule has 0 saturated carbocycles. The van der Waals surface area contributed by atoms with E-state index < -0.39 is 0 Å². The molecule has 23 heavy (non-hydrogen) atoms. The normalized spacial score (nSPS) is 10.7. The molecule has 0 radical (unpaired) electrons. The molecule has 0 amide bonds. The van der Waals surface area contributed by atoms with Gasteiger partial charge in [0.2, 0.25) is 0 Å². The van der Waals surface area contributed by atoms with E-state index in [1.807, 2.05) is 26.0 Å². The highest BCUT2D eigenvalue weighted by molar-refractivity contribution is 5.74. The van der Waals surface area contributed by atoms with Crippen molar-refractivity contribution in [1.29, 1.82) is 0 Å². The van der Waals surface area contributed by atoms with Gasteiger partial charge in [0.05, 0.1) is 11.4 Å². The highest BCUT2D eigenvalue weighted by atomic mass is 19.1. The summed E-state index contributed by atoms with van der Waals surface area (Å²) >= 11 is 0. The highest BCUT2D eigenvalue weighted by Gasteiger charge is 2.15. The lowest BCUT2D eigenvalue weighted by Crippen LogP contribution is -2.06. The first kappa shape index (κ1) is 15.1. The Morgan fingerprint density at radius 1 is 1.13 bits per heavy atom. The standard InChI is InChI=1S/C18H16FN3O/c1-12-3-8-17(13(2)9-12)22-18(16(11-23)20-21-22)10-14-4-6-15(19)7-5-14/h3-9,11H,10H2,1-2H3. The van der Waals surface area contributed by atoms with Crippen LogP contribution >= 0.6 is 0 Å². The van der Waals surface area contributed by atoms with Gasteiger partial charge in [0.15, 0.2) is 6.29 Å². The Balaban J connectivity index is 2.06. The Morgan fingerprint density at radius 3 is 2.52 bits per heavy atom. The zero-order valence-electron chi connectivity index (χ0n) is 13.0. The predicted octanol–water partition coefficient (Wildman–Crippen LogP) is 3.43. The number of carbonyl (C=O) groups is 1. The molecule has 2 aromatic carbocycles. The lowest BCUT2D eigenvalue weighted by molar-refractivity contribution is 0.111. The first-order valence-electron chi connectivity index (χ1n) is 7.30. The van der Waals surface area contributed by atoms with Crippen LogP contribution in [0.3, 0.4) is 0 Å². The van der Waals surface area contributed by atoms with E-state index in [2.05, 4.69) is 16.4 Å². The number of benzene rings is 2. The summed E-state index contributed by atoms with van der Waals surface area (Å²) in [5.41, 5.74) is 4.97. The largest absolute Gasteiger partial charge is 0.296 e. The predicted molar refractivity (Wildman–Crippen MR) is 85.4 cm³/mol. The van der Waals surface area contributed by atoms with Crippen LogP contribution in [0.2, 0.25) is 0 Å². The third kappa shape index (κ3) is 3.04. The van der Waals surface area contributed by atoms with Crippen molar-refractivity contribution < 1.29 is 9.18 Å². The Kier molecular flexibility index (Phi) is 4.02. The molecule has 3 aromatic rings. The lowest BCUT2D eigenvalue weighted by Gasteiger charge is -2.10. The molecule has 0 aliphatic rings. The van der Waals surface area contributed by atoms with E-state index >= 15 is 0 Å². The van der Waals surface area contributed by atoms with E-state index in [4.69, 9.17) is 0 Å². The monoisotopic (exact) mass is 309 g/mol. The van der Waals surface area contributed by atoms with Crippen LogP contribution in [0.25, 0.3) is 5.69 Å². The molecule has 0 atom stereocenters. The van der Waals surface area contributed by atoms with E-state index in [0.29, 0.717) is 24.1 Å². The molecule has 0 aliphatic carbocycles. The Labute approximate surface area is 133 Å². The maximum absolute atomic E-state index is 13.1. The van der Waals surface area contributed by atoms with Gasteiger partial charge in [-0.3, -0.25) is 4.79 Å². The third-order valence-electron chi connectivity index (χ3n) is 3.77. The van der Waals surface area contributed by atoms with Gasteiger partial charge in [-0.2, -0.15) is 0 Å². The quantitative estimate of drug-likeness (QED) is 0.694. The summed E-state index contributed by atoms with van der Waals surface area (Å²) in [5.74, 6) is -0.287. The second-order valence-electron chi connectivity index (χ2n) is 5.54. The van der Waals surface area contributed by atoms with Crippen molar-refractivity contribution in [3.05, 3.63) is 76.4 Å². The van der Waals surface area contributed by atoms with Gasteiger partial charge in [0, 0.05) is 6.42 Å². The van der Waals surface area contributed by atoms with Gasteiger partial charge >= 0.3 is 0 Å². The van der Waals surface area contributed by atoms with Crippen molar-refractivity contribution >= 4 is 6.29 Å². The summed E-state index contributed by atoms with van der Waals surface area (Å²) < 4.78 is 14.7. The number of nitrogens with zero attached hydrogens (tertiary/aromatic N) is 3. The van der Waals surface area contributed by atoms with Crippen LogP contribution in [0.15, 0.2) is 42.5 Å². The first-order valence-corrected chi connectivity index (χ1v) is 7.30. The van der Waals surface area contributed by atoms with Crippen LogP contribution in [-0.2, 0) is 6.42 Å². The van der Waals surface area contributed by atoms with Crippen molar-refractivity contribution in [3.8, 4) is 5.69 Å². The zero-order valence-corrected chi connectivity index (χ0v) is 13.0. The van der Waals surface area contributed by atoms with Gasteiger partial charge in [-0.25, -0.2) is 9.07 Å². The summed E-state index contributed by atoms with van der Waals surface area (Å²) in [6, 6.07) is 12.2. The number of aryl methyl sites for hydroxylation is 2. The molecule has 4 nitrogen and oxygen atoms in total. The van der Waals surface area contributed by atoms with Crippen molar-refractivity contribution in [1.82, 2.24) is 15.0 Å². The average Bonchev–Trinajstić information content (AvgIpc) is 2.92.